The molecule has 1 atom stereocenters. The summed E-state index contributed by atoms with van der Waals surface area (Å²) in [5.74, 6) is 1.24. The molecule has 0 bridgehead atoms. The lowest BCUT2D eigenvalue weighted by Gasteiger charge is -2.04. The Balaban J connectivity index is 2.06. The van der Waals surface area contributed by atoms with Crippen molar-refractivity contribution in [2.75, 3.05) is 7.05 Å². The first kappa shape index (κ1) is 14.0. The molecule has 0 radical (unpaired) electrons. The van der Waals surface area contributed by atoms with Crippen LogP contribution in [0.15, 0.2) is 33.3 Å². The standard InChI is InChI=1S/C14H16BrN3O/c1-10(16-2)9-13-17-14(19-18-13)8-7-11-5-3-4-6-12(11)15/h3-8,10,16H,9H2,1-2H3/b8-7+. The second-order valence-electron chi connectivity index (χ2n) is 4.30. The number of hydrogen-bond donors (Lipinski definition) is 1. The van der Waals surface area contributed by atoms with Crippen LogP contribution in [-0.4, -0.2) is 23.2 Å². The average Bonchev–Trinajstić information content (AvgIpc) is 2.85. The second-order valence-corrected chi connectivity index (χ2v) is 5.15. The minimum absolute atomic E-state index is 0.331. The van der Waals surface area contributed by atoms with Gasteiger partial charge in [0.2, 0.25) is 0 Å². The Labute approximate surface area is 121 Å². The van der Waals surface area contributed by atoms with Gasteiger partial charge in [-0.25, -0.2) is 0 Å². The molecule has 0 aliphatic rings. The topological polar surface area (TPSA) is 51.0 Å². The Morgan fingerprint density at radius 1 is 1.37 bits per heavy atom. The zero-order chi connectivity index (χ0) is 13.7. The highest BCUT2D eigenvalue weighted by Gasteiger charge is 2.07. The smallest absolute Gasteiger partial charge is 0.250 e. The molecule has 0 aliphatic carbocycles. The van der Waals surface area contributed by atoms with Gasteiger partial charge in [-0.15, -0.1) is 0 Å². The van der Waals surface area contributed by atoms with Crippen molar-refractivity contribution >= 4 is 28.1 Å². The molecule has 0 saturated carbocycles. The van der Waals surface area contributed by atoms with Crippen molar-refractivity contribution in [2.24, 2.45) is 0 Å². The van der Waals surface area contributed by atoms with E-state index >= 15 is 0 Å². The fourth-order valence-corrected chi connectivity index (χ4v) is 1.98. The first-order valence-electron chi connectivity index (χ1n) is 6.11. The van der Waals surface area contributed by atoms with Gasteiger partial charge in [0, 0.05) is 23.0 Å². The van der Waals surface area contributed by atoms with Gasteiger partial charge in [0.15, 0.2) is 5.82 Å². The Kier molecular flexibility index (Phi) is 4.87. The Morgan fingerprint density at radius 2 is 2.16 bits per heavy atom. The van der Waals surface area contributed by atoms with Gasteiger partial charge in [-0.05, 0) is 31.7 Å². The quantitative estimate of drug-likeness (QED) is 0.919. The molecule has 1 N–H and O–H groups in total. The fraction of sp³-hybridized carbons (Fsp3) is 0.286. The van der Waals surface area contributed by atoms with Crippen molar-refractivity contribution in [1.29, 1.82) is 0 Å². The monoisotopic (exact) mass is 321 g/mol. The van der Waals surface area contributed by atoms with E-state index in [0.29, 0.717) is 17.8 Å². The summed E-state index contributed by atoms with van der Waals surface area (Å²) in [5, 5.41) is 7.09. The fourth-order valence-electron chi connectivity index (χ4n) is 1.57. The van der Waals surface area contributed by atoms with E-state index in [9.17, 15) is 0 Å². The van der Waals surface area contributed by atoms with Crippen LogP contribution in [0.25, 0.3) is 12.2 Å². The zero-order valence-electron chi connectivity index (χ0n) is 10.9. The highest BCUT2D eigenvalue weighted by atomic mass is 79.9. The van der Waals surface area contributed by atoms with E-state index in [-0.39, 0.29) is 0 Å². The summed E-state index contributed by atoms with van der Waals surface area (Å²) in [5.41, 5.74) is 1.07. The molecule has 1 aromatic carbocycles. The summed E-state index contributed by atoms with van der Waals surface area (Å²) in [4.78, 5) is 4.32. The number of likely N-dealkylation sites (N-methyl/N-ethyl adjacent to an activating group) is 1. The highest BCUT2D eigenvalue weighted by Crippen LogP contribution is 2.18. The molecule has 19 heavy (non-hydrogen) atoms. The van der Waals surface area contributed by atoms with E-state index in [1.54, 1.807) is 0 Å². The molecule has 0 aliphatic heterocycles. The summed E-state index contributed by atoms with van der Waals surface area (Å²) in [6, 6.07) is 8.30. The van der Waals surface area contributed by atoms with E-state index in [0.717, 1.165) is 16.5 Å². The first-order valence-corrected chi connectivity index (χ1v) is 6.91. The molecule has 100 valence electrons. The average molecular weight is 322 g/mol. The van der Waals surface area contributed by atoms with Crippen molar-refractivity contribution in [1.82, 2.24) is 15.5 Å². The van der Waals surface area contributed by atoms with Crippen molar-refractivity contribution in [2.45, 2.75) is 19.4 Å². The molecule has 4 nitrogen and oxygen atoms in total. The van der Waals surface area contributed by atoms with Crippen molar-refractivity contribution in [3.05, 3.63) is 46.0 Å². The maximum absolute atomic E-state index is 5.18. The molecule has 2 aromatic rings. The van der Waals surface area contributed by atoms with Gasteiger partial charge in [-0.1, -0.05) is 39.3 Å². The van der Waals surface area contributed by atoms with Gasteiger partial charge >= 0.3 is 0 Å². The Hall–Kier alpha value is -1.46. The molecule has 5 heteroatoms. The zero-order valence-corrected chi connectivity index (χ0v) is 12.5. The molecule has 0 saturated heterocycles. The number of rotatable bonds is 5. The van der Waals surface area contributed by atoms with E-state index in [2.05, 4.69) is 38.3 Å². The summed E-state index contributed by atoms with van der Waals surface area (Å²) in [7, 11) is 1.92. The molecular formula is C14H16BrN3O. The van der Waals surface area contributed by atoms with E-state index in [1.807, 2.05) is 43.5 Å². The second kappa shape index (κ2) is 6.63. The maximum Gasteiger partial charge on any atom is 0.250 e. The van der Waals surface area contributed by atoms with Gasteiger partial charge in [0.05, 0.1) is 0 Å². The van der Waals surface area contributed by atoms with E-state index in [1.165, 1.54) is 0 Å². The lowest BCUT2D eigenvalue weighted by atomic mass is 10.2. The van der Waals surface area contributed by atoms with Crippen molar-refractivity contribution in [3.63, 3.8) is 0 Å². The third-order valence-corrected chi connectivity index (χ3v) is 3.50. The lowest BCUT2D eigenvalue weighted by molar-refractivity contribution is 0.400. The molecular weight excluding hydrogens is 306 g/mol. The largest absolute Gasteiger partial charge is 0.335 e. The SMILES string of the molecule is CNC(C)Cc1noc(/C=C/c2ccccc2Br)n1. The van der Waals surface area contributed by atoms with Gasteiger partial charge in [-0.2, -0.15) is 4.98 Å². The third kappa shape index (κ3) is 4.01. The summed E-state index contributed by atoms with van der Waals surface area (Å²) >= 11 is 3.49. The van der Waals surface area contributed by atoms with Gasteiger partial charge < -0.3 is 9.84 Å². The van der Waals surface area contributed by atoms with Crippen LogP contribution in [0.2, 0.25) is 0 Å². The molecule has 0 fully saturated rings. The van der Waals surface area contributed by atoms with Gasteiger partial charge in [0.25, 0.3) is 5.89 Å². The summed E-state index contributed by atoms with van der Waals surface area (Å²) < 4.78 is 6.22. The molecule has 1 aromatic heterocycles. The molecule has 0 amide bonds. The lowest BCUT2D eigenvalue weighted by Crippen LogP contribution is -2.24. The predicted octanol–water partition coefficient (Wildman–Crippen LogP) is 3.15. The number of aromatic nitrogens is 2. The van der Waals surface area contributed by atoms with Crippen LogP contribution < -0.4 is 5.32 Å². The van der Waals surface area contributed by atoms with Crippen molar-refractivity contribution < 1.29 is 4.52 Å². The Morgan fingerprint density at radius 3 is 2.89 bits per heavy atom. The number of nitrogens with zero attached hydrogens (tertiary/aromatic N) is 2. The van der Waals surface area contributed by atoms with Gasteiger partial charge in [0.1, 0.15) is 0 Å². The van der Waals surface area contributed by atoms with Crippen LogP contribution in [0.3, 0.4) is 0 Å². The number of halogens is 1. The minimum Gasteiger partial charge on any atom is -0.335 e. The summed E-state index contributed by atoms with van der Waals surface area (Å²) in [6.07, 6.45) is 4.52. The molecule has 0 spiro atoms. The van der Waals surface area contributed by atoms with Gasteiger partial charge in [-0.3, -0.25) is 0 Å². The molecule has 1 unspecified atom stereocenters. The van der Waals surface area contributed by atoms with Crippen LogP contribution in [0.4, 0.5) is 0 Å². The van der Waals surface area contributed by atoms with Crippen molar-refractivity contribution in [3.8, 4) is 0 Å². The van der Waals surface area contributed by atoms with Crippen LogP contribution in [0.1, 0.15) is 24.2 Å². The highest BCUT2D eigenvalue weighted by molar-refractivity contribution is 9.10. The minimum atomic E-state index is 0.331. The maximum atomic E-state index is 5.18. The molecule has 1 heterocycles. The van der Waals surface area contributed by atoms with E-state index in [4.69, 9.17) is 4.52 Å². The third-order valence-electron chi connectivity index (χ3n) is 2.78. The first-order chi connectivity index (χ1) is 9.19. The normalized spacial score (nSPS) is 13.0. The number of hydrogen-bond acceptors (Lipinski definition) is 4. The predicted molar refractivity (Wildman–Crippen MR) is 79.6 cm³/mol. The van der Waals surface area contributed by atoms with Crippen LogP contribution >= 0.6 is 15.9 Å². The molecule has 2 rings (SSSR count). The summed E-state index contributed by atoms with van der Waals surface area (Å²) in [6.45, 7) is 2.08. The number of nitrogens with one attached hydrogen (secondary N) is 1. The van der Waals surface area contributed by atoms with E-state index < -0.39 is 0 Å². The Bertz CT molecular complexity index is 565. The number of benzene rings is 1. The van der Waals surface area contributed by atoms with Crippen LogP contribution in [0.5, 0.6) is 0 Å². The van der Waals surface area contributed by atoms with Crippen LogP contribution in [-0.2, 0) is 6.42 Å². The van der Waals surface area contributed by atoms with Crippen LogP contribution in [0, 0.1) is 0 Å².